The summed E-state index contributed by atoms with van der Waals surface area (Å²) in [5, 5.41) is 2.81. The fraction of sp³-hybridized carbons (Fsp3) is 0.417. The lowest BCUT2D eigenvalue weighted by molar-refractivity contribution is -0.346. The average molecular weight is 476 g/mol. The van der Waals surface area contributed by atoms with Crippen molar-refractivity contribution in [2.45, 2.75) is 50.5 Å². The maximum atomic E-state index is 12.2. The van der Waals surface area contributed by atoms with E-state index < -0.39 is 42.9 Å². The maximum absolute atomic E-state index is 12.2. The van der Waals surface area contributed by atoms with Crippen LogP contribution in [0.1, 0.15) is 24.3 Å². The van der Waals surface area contributed by atoms with Crippen LogP contribution in [0.5, 0.6) is 0 Å². The Morgan fingerprint density at radius 3 is 2.42 bits per heavy atom. The number of ether oxygens (including phenoxy) is 5. The van der Waals surface area contributed by atoms with Gasteiger partial charge in [0.2, 0.25) is 5.91 Å². The van der Waals surface area contributed by atoms with E-state index in [9.17, 15) is 9.59 Å². The minimum Gasteiger partial charge on any atom is -0.456 e. The van der Waals surface area contributed by atoms with E-state index in [2.05, 4.69) is 5.32 Å². The highest BCUT2D eigenvalue weighted by Gasteiger charge is 2.52. The number of halogens is 1. The van der Waals surface area contributed by atoms with Crippen molar-refractivity contribution in [3.63, 3.8) is 0 Å². The lowest BCUT2D eigenvalue weighted by Crippen LogP contribution is -2.67. The monoisotopic (exact) mass is 475 g/mol. The molecule has 2 aromatic rings. The van der Waals surface area contributed by atoms with E-state index in [-0.39, 0.29) is 25.0 Å². The first-order valence-electron chi connectivity index (χ1n) is 10.7. The second kappa shape index (κ2) is 11.1. The summed E-state index contributed by atoms with van der Waals surface area (Å²) in [6.45, 7) is 1.80. The molecule has 8 nitrogen and oxygen atoms in total. The summed E-state index contributed by atoms with van der Waals surface area (Å²) >= 11 is 5.71. The molecule has 1 amide bonds. The van der Waals surface area contributed by atoms with Gasteiger partial charge >= 0.3 is 5.97 Å². The smallest absolute Gasteiger partial charge is 0.321 e. The number of carbonyl (C=O) groups is 2. The van der Waals surface area contributed by atoms with Gasteiger partial charge in [-0.3, -0.25) is 9.59 Å². The van der Waals surface area contributed by atoms with Crippen molar-refractivity contribution < 1.29 is 33.3 Å². The highest BCUT2D eigenvalue weighted by atomic mass is 35.5. The number of hydrogen-bond donors (Lipinski definition) is 1. The normalized spacial score (nSPS) is 29.0. The first kappa shape index (κ1) is 23.7. The molecule has 6 atom stereocenters. The molecule has 0 aromatic heterocycles. The van der Waals surface area contributed by atoms with Gasteiger partial charge in [0.25, 0.3) is 0 Å². The van der Waals surface area contributed by atoms with Gasteiger partial charge in [-0.1, -0.05) is 60.7 Å². The van der Waals surface area contributed by atoms with Crippen LogP contribution in [0.15, 0.2) is 60.7 Å². The zero-order valence-electron chi connectivity index (χ0n) is 18.1. The molecule has 0 aliphatic carbocycles. The standard InChI is InChI=1S/C24H26ClNO7/c1-15(27)26-20-22(32-19(28)12-25)21-18(14-30-23(33-21)17-10-6-3-7-11-17)31-24(20)29-13-16-8-4-2-5-9-16/h2-11,18,20-24H,12-14H2,1H3,(H,26,27)/t18-,20-,21+,22-,23+,24+/m0/s1. The van der Waals surface area contributed by atoms with Crippen LogP contribution >= 0.6 is 11.6 Å². The van der Waals surface area contributed by atoms with Gasteiger partial charge < -0.3 is 29.0 Å². The largest absolute Gasteiger partial charge is 0.456 e. The van der Waals surface area contributed by atoms with Crippen LogP contribution < -0.4 is 5.32 Å². The molecule has 0 saturated carbocycles. The van der Waals surface area contributed by atoms with Crippen molar-refractivity contribution in [1.82, 2.24) is 5.32 Å². The summed E-state index contributed by atoms with van der Waals surface area (Å²) in [7, 11) is 0. The molecule has 2 heterocycles. The summed E-state index contributed by atoms with van der Waals surface area (Å²) in [5.41, 5.74) is 1.75. The fourth-order valence-electron chi connectivity index (χ4n) is 3.96. The van der Waals surface area contributed by atoms with Gasteiger partial charge in [0.1, 0.15) is 24.1 Å². The second-order valence-corrected chi connectivity index (χ2v) is 8.10. The quantitative estimate of drug-likeness (QED) is 0.486. The van der Waals surface area contributed by atoms with Gasteiger partial charge in [0.05, 0.1) is 13.2 Å². The van der Waals surface area contributed by atoms with Crippen LogP contribution in [0, 0.1) is 0 Å². The lowest BCUT2D eigenvalue weighted by atomic mass is 9.95. The number of nitrogens with one attached hydrogen (secondary N) is 1. The number of fused-ring (bicyclic) bond motifs is 1. The van der Waals surface area contributed by atoms with Gasteiger partial charge in [-0.2, -0.15) is 0 Å². The lowest BCUT2D eigenvalue weighted by Gasteiger charge is -2.48. The Morgan fingerprint density at radius 1 is 1.06 bits per heavy atom. The Balaban J connectivity index is 1.58. The van der Waals surface area contributed by atoms with Crippen LogP contribution in [-0.4, -0.2) is 55.0 Å². The third kappa shape index (κ3) is 5.90. The Kier molecular flexibility index (Phi) is 7.95. The first-order valence-corrected chi connectivity index (χ1v) is 11.2. The molecule has 4 rings (SSSR count). The Hall–Kier alpha value is -2.49. The number of alkyl halides is 1. The number of benzene rings is 2. The molecule has 176 valence electrons. The van der Waals surface area contributed by atoms with Crippen LogP contribution in [0.4, 0.5) is 0 Å². The van der Waals surface area contributed by atoms with Crippen molar-refractivity contribution in [3.8, 4) is 0 Å². The van der Waals surface area contributed by atoms with Crippen LogP contribution in [-0.2, 0) is 39.9 Å². The third-order valence-corrected chi connectivity index (χ3v) is 5.63. The van der Waals surface area contributed by atoms with Crippen molar-refractivity contribution in [3.05, 3.63) is 71.8 Å². The van der Waals surface area contributed by atoms with Crippen LogP contribution in [0.25, 0.3) is 0 Å². The van der Waals surface area contributed by atoms with Gasteiger partial charge in [-0.05, 0) is 5.56 Å². The Bertz CT molecular complexity index is 929. The van der Waals surface area contributed by atoms with E-state index in [1.54, 1.807) is 0 Å². The number of carbonyl (C=O) groups excluding carboxylic acids is 2. The molecule has 33 heavy (non-hydrogen) atoms. The van der Waals surface area contributed by atoms with Gasteiger partial charge in [-0.15, -0.1) is 11.6 Å². The third-order valence-electron chi connectivity index (χ3n) is 5.41. The van der Waals surface area contributed by atoms with Crippen molar-refractivity contribution in [2.75, 3.05) is 12.5 Å². The van der Waals surface area contributed by atoms with E-state index in [0.717, 1.165) is 11.1 Å². The molecule has 2 aromatic carbocycles. The number of hydrogen-bond acceptors (Lipinski definition) is 7. The summed E-state index contributed by atoms with van der Waals surface area (Å²) in [5.74, 6) is -1.30. The summed E-state index contributed by atoms with van der Waals surface area (Å²) in [6, 6.07) is 18.2. The molecule has 0 spiro atoms. The Labute approximate surface area is 197 Å². The van der Waals surface area contributed by atoms with E-state index >= 15 is 0 Å². The second-order valence-electron chi connectivity index (χ2n) is 7.83. The Morgan fingerprint density at radius 2 is 1.76 bits per heavy atom. The molecule has 0 unspecified atom stereocenters. The zero-order chi connectivity index (χ0) is 23.2. The summed E-state index contributed by atoms with van der Waals surface area (Å²) in [6.07, 6.45) is -3.75. The molecule has 2 fully saturated rings. The minimum absolute atomic E-state index is 0.192. The SMILES string of the molecule is CC(=O)N[C@@H]1[C@H](OCc2ccccc2)O[C@H]2CO[C@@H](c3ccccc3)O[C@H]2[C@H]1OC(=O)CCl. The van der Waals surface area contributed by atoms with Crippen LogP contribution in [0.2, 0.25) is 0 Å². The van der Waals surface area contributed by atoms with Gasteiger partial charge in [0, 0.05) is 12.5 Å². The number of amides is 1. The number of esters is 1. The molecule has 0 radical (unpaired) electrons. The fourth-order valence-corrected chi connectivity index (χ4v) is 4.02. The van der Waals surface area contributed by atoms with Gasteiger partial charge in [0.15, 0.2) is 18.7 Å². The minimum atomic E-state index is -0.899. The summed E-state index contributed by atoms with van der Waals surface area (Å²) < 4.78 is 29.9. The highest BCUT2D eigenvalue weighted by molar-refractivity contribution is 6.26. The van der Waals surface area contributed by atoms with E-state index in [1.807, 2.05) is 60.7 Å². The molecule has 2 aliphatic heterocycles. The van der Waals surface area contributed by atoms with Crippen LogP contribution in [0.3, 0.4) is 0 Å². The molecule has 2 aliphatic rings. The molecular weight excluding hydrogens is 450 g/mol. The maximum Gasteiger partial charge on any atom is 0.321 e. The van der Waals surface area contributed by atoms with Crippen molar-refractivity contribution in [1.29, 1.82) is 0 Å². The van der Waals surface area contributed by atoms with E-state index in [4.69, 9.17) is 35.3 Å². The topological polar surface area (TPSA) is 92.3 Å². The van der Waals surface area contributed by atoms with Crippen molar-refractivity contribution in [2.24, 2.45) is 0 Å². The predicted molar refractivity (Wildman–Crippen MR) is 118 cm³/mol. The first-order chi connectivity index (χ1) is 16.0. The van der Waals surface area contributed by atoms with E-state index in [1.165, 1.54) is 6.92 Å². The zero-order valence-corrected chi connectivity index (χ0v) is 18.9. The van der Waals surface area contributed by atoms with Crippen molar-refractivity contribution >= 4 is 23.5 Å². The van der Waals surface area contributed by atoms with Gasteiger partial charge in [-0.25, -0.2) is 0 Å². The molecule has 1 N–H and O–H groups in total. The predicted octanol–water partition coefficient (Wildman–Crippen LogP) is 2.70. The highest BCUT2D eigenvalue weighted by Crippen LogP contribution is 2.36. The number of rotatable bonds is 7. The molecule has 2 saturated heterocycles. The van der Waals surface area contributed by atoms with E-state index in [0.29, 0.717) is 0 Å². The molecule has 0 bridgehead atoms. The molecular formula is C24H26ClNO7. The summed E-state index contributed by atoms with van der Waals surface area (Å²) in [4.78, 5) is 24.2. The molecule has 9 heteroatoms. The average Bonchev–Trinajstić information content (AvgIpc) is 2.84.